The van der Waals surface area contributed by atoms with E-state index < -0.39 is 7.14 Å². The Morgan fingerprint density at radius 3 is 2.50 bits per heavy atom. The molecule has 0 spiro atoms. The van der Waals surface area contributed by atoms with Crippen LogP contribution in [0.5, 0.6) is 0 Å². The molecule has 4 N–H and O–H groups in total. The van der Waals surface area contributed by atoms with Crippen molar-refractivity contribution in [2.45, 2.75) is 0 Å². The molecule has 0 aromatic rings. The second-order valence-electron chi connectivity index (χ2n) is 2.24. The summed E-state index contributed by atoms with van der Waals surface area (Å²) in [5, 5.41) is 6.17. The van der Waals surface area contributed by atoms with Crippen molar-refractivity contribution in [2.75, 3.05) is 18.9 Å². The number of rotatable bonds is 1. The molecule has 0 aromatic carbocycles. The normalized spacial score (nSPS) is 23.1. The van der Waals surface area contributed by atoms with Gasteiger partial charge in [-0.05, 0) is 12.2 Å². The molecule has 0 bridgehead atoms. The Morgan fingerprint density at radius 2 is 2.10 bits per heavy atom. The molecule has 0 aliphatic carbocycles. The Labute approximate surface area is 64.9 Å². The standard InChI is InChI=1S/C4H10N3OPS/c5-1-9(8)2-6-4(10)7-3-9/h1-3,5H2,(H2,6,7,10). The van der Waals surface area contributed by atoms with Crippen LogP contribution in [0.2, 0.25) is 0 Å². The van der Waals surface area contributed by atoms with E-state index in [1.165, 1.54) is 0 Å². The third kappa shape index (κ3) is 1.68. The summed E-state index contributed by atoms with van der Waals surface area (Å²) < 4.78 is 11.4. The molecule has 1 aliphatic rings. The highest BCUT2D eigenvalue weighted by Gasteiger charge is 2.24. The van der Waals surface area contributed by atoms with Crippen molar-refractivity contribution < 1.29 is 4.57 Å². The fourth-order valence-corrected chi connectivity index (χ4v) is 2.30. The highest BCUT2D eigenvalue weighted by Crippen LogP contribution is 2.41. The largest absolute Gasteiger partial charge is 0.356 e. The number of nitrogens with two attached hydrogens (primary N) is 1. The summed E-state index contributed by atoms with van der Waals surface area (Å²) in [6.07, 6.45) is 1.13. The SMILES string of the molecule is NCP1(=O)CNC(=S)NC1. The molecular weight excluding hydrogens is 169 g/mol. The smallest absolute Gasteiger partial charge is 0.167 e. The number of nitrogens with one attached hydrogen (secondary N) is 2. The monoisotopic (exact) mass is 179 g/mol. The molecule has 58 valence electrons. The summed E-state index contributed by atoms with van der Waals surface area (Å²) in [5.41, 5.74) is 5.30. The first-order valence-corrected chi connectivity index (χ1v) is 5.62. The van der Waals surface area contributed by atoms with Crippen molar-refractivity contribution in [3.05, 3.63) is 0 Å². The van der Waals surface area contributed by atoms with Crippen molar-refractivity contribution in [1.82, 2.24) is 10.6 Å². The van der Waals surface area contributed by atoms with Crippen LogP contribution in [0.15, 0.2) is 0 Å². The predicted molar refractivity (Wildman–Crippen MR) is 45.3 cm³/mol. The maximum Gasteiger partial charge on any atom is 0.167 e. The lowest BCUT2D eigenvalue weighted by Gasteiger charge is -2.24. The van der Waals surface area contributed by atoms with Crippen LogP contribution in [0.3, 0.4) is 0 Å². The van der Waals surface area contributed by atoms with Gasteiger partial charge in [-0.2, -0.15) is 0 Å². The summed E-state index contributed by atoms with van der Waals surface area (Å²) in [6.45, 7) is 0. The molecule has 0 radical (unpaired) electrons. The predicted octanol–water partition coefficient (Wildman–Crippen LogP) is -0.342. The van der Waals surface area contributed by atoms with E-state index in [1.54, 1.807) is 0 Å². The Kier molecular flexibility index (Phi) is 2.28. The zero-order valence-electron chi connectivity index (χ0n) is 5.46. The van der Waals surface area contributed by atoms with Crippen LogP contribution in [0.25, 0.3) is 0 Å². The van der Waals surface area contributed by atoms with E-state index in [4.69, 9.17) is 18.0 Å². The van der Waals surface area contributed by atoms with Gasteiger partial charge in [0.15, 0.2) is 5.11 Å². The van der Waals surface area contributed by atoms with Crippen molar-refractivity contribution in [3.8, 4) is 0 Å². The zero-order valence-corrected chi connectivity index (χ0v) is 7.17. The average molecular weight is 179 g/mol. The molecule has 0 aromatic heterocycles. The molecule has 1 fully saturated rings. The van der Waals surface area contributed by atoms with Gasteiger partial charge in [0.2, 0.25) is 0 Å². The molecule has 1 heterocycles. The van der Waals surface area contributed by atoms with E-state index in [2.05, 4.69) is 10.6 Å². The molecule has 10 heavy (non-hydrogen) atoms. The fraction of sp³-hybridized carbons (Fsp3) is 0.750. The first-order valence-electron chi connectivity index (χ1n) is 2.95. The lowest BCUT2D eigenvalue weighted by atomic mass is 11.0. The van der Waals surface area contributed by atoms with E-state index in [-0.39, 0.29) is 6.29 Å². The summed E-state index contributed by atoms with van der Waals surface area (Å²) >= 11 is 4.77. The molecule has 1 rings (SSSR count). The Hall–Kier alpha value is -0.120. The highest BCUT2D eigenvalue weighted by atomic mass is 32.1. The van der Waals surface area contributed by atoms with Crippen LogP contribution in [0.1, 0.15) is 0 Å². The topological polar surface area (TPSA) is 67.2 Å². The van der Waals surface area contributed by atoms with Crippen molar-refractivity contribution in [3.63, 3.8) is 0 Å². The van der Waals surface area contributed by atoms with Gasteiger partial charge in [-0.15, -0.1) is 0 Å². The van der Waals surface area contributed by atoms with Gasteiger partial charge in [-0.3, -0.25) is 0 Å². The number of hydrogen-bond donors (Lipinski definition) is 3. The molecule has 0 unspecified atom stereocenters. The lowest BCUT2D eigenvalue weighted by Crippen LogP contribution is -2.43. The summed E-state index contributed by atoms with van der Waals surface area (Å²) in [4.78, 5) is 0. The van der Waals surface area contributed by atoms with E-state index in [0.29, 0.717) is 17.7 Å². The van der Waals surface area contributed by atoms with Gasteiger partial charge in [0.1, 0.15) is 7.14 Å². The Bertz CT molecular complexity index is 181. The quantitative estimate of drug-likeness (QED) is 0.379. The molecular formula is C4H10N3OPS. The van der Waals surface area contributed by atoms with E-state index >= 15 is 0 Å². The van der Waals surface area contributed by atoms with Crippen LogP contribution in [-0.4, -0.2) is 24.0 Å². The second kappa shape index (κ2) is 2.86. The minimum atomic E-state index is -2.16. The van der Waals surface area contributed by atoms with E-state index in [0.717, 1.165) is 0 Å². The van der Waals surface area contributed by atoms with Crippen LogP contribution >= 0.6 is 19.4 Å². The van der Waals surface area contributed by atoms with Gasteiger partial charge in [-0.25, -0.2) is 0 Å². The van der Waals surface area contributed by atoms with Crippen LogP contribution in [0.4, 0.5) is 0 Å². The maximum absolute atomic E-state index is 11.4. The molecule has 6 heteroatoms. The molecule has 0 saturated carbocycles. The van der Waals surface area contributed by atoms with Gasteiger partial charge >= 0.3 is 0 Å². The zero-order chi connectivity index (χ0) is 7.61. The maximum atomic E-state index is 11.4. The minimum Gasteiger partial charge on any atom is -0.356 e. The minimum absolute atomic E-state index is 0.246. The lowest BCUT2D eigenvalue weighted by molar-refractivity contribution is 0.568. The van der Waals surface area contributed by atoms with E-state index in [9.17, 15) is 4.57 Å². The summed E-state index contributed by atoms with van der Waals surface area (Å²) in [5.74, 6) is 0. The van der Waals surface area contributed by atoms with Gasteiger partial charge in [0.05, 0.1) is 12.6 Å². The Morgan fingerprint density at radius 1 is 1.60 bits per heavy atom. The molecule has 4 nitrogen and oxygen atoms in total. The third-order valence-electron chi connectivity index (χ3n) is 1.39. The molecule has 1 aliphatic heterocycles. The van der Waals surface area contributed by atoms with Crippen molar-refractivity contribution >= 4 is 24.5 Å². The van der Waals surface area contributed by atoms with Crippen LogP contribution in [0, 0.1) is 0 Å². The van der Waals surface area contributed by atoms with Crippen LogP contribution in [-0.2, 0) is 4.57 Å². The first kappa shape index (κ1) is 7.98. The van der Waals surface area contributed by atoms with Gasteiger partial charge < -0.3 is 20.9 Å². The Balaban J connectivity index is 2.54. The molecule has 1 saturated heterocycles. The molecule has 0 amide bonds. The van der Waals surface area contributed by atoms with Crippen molar-refractivity contribution in [1.29, 1.82) is 0 Å². The summed E-state index contributed by atoms with van der Waals surface area (Å²) in [7, 11) is -2.16. The van der Waals surface area contributed by atoms with Gasteiger partial charge in [0.25, 0.3) is 0 Å². The van der Waals surface area contributed by atoms with Crippen molar-refractivity contribution in [2.24, 2.45) is 5.73 Å². The molecule has 0 atom stereocenters. The third-order valence-corrected chi connectivity index (χ3v) is 3.81. The van der Waals surface area contributed by atoms with Crippen LogP contribution < -0.4 is 16.4 Å². The van der Waals surface area contributed by atoms with E-state index in [1.807, 2.05) is 0 Å². The summed E-state index contributed by atoms with van der Waals surface area (Å²) in [6, 6.07) is 0. The highest BCUT2D eigenvalue weighted by molar-refractivity contribution is 7.80. The number of thiocarbonyl (C=S) groups is 1. The first-order chi connectivity index (χ1) is 4.66. The second-order valence-corrected chi connectivity index (χ2v) is 5.76. The number of hydrogen-bond acceptors (Lipinski definition) is 3. The van der Waals surface area contributed by atoms with Gasteiger partial charge in [-0.1, -0.05) is 0 Å². The fourth-order valence-electron chi connectivity index (χ4n) is 0.679. The van der Waals surface area contributed by atoms with Gasteiger partial charge in [0, 0.05) is 6.29 Å². The average Bonchev–Trinajstić information content (AvgIpc) is 1.96.